The third-order valence-electron chi connectivity index (χ3n) is 2.69. The van der Waals surface area contributed by atoms with Crippen LogP contribution in [-0.2, 0) is 26.3 Å². The zero-order valence-corrected chi connectivity index (χ0v) is 12.7. The Labute approximate surface area is 128 Å². The van der Waals surface area contributed by atoms with Gasteiger partial charge >= 0.3 is 6.18 Å². The molecule has 0 saturated carbocycles. The Kier molecular flexibility index (Phi) is 4.96. The van der Waals surface area contributed by atoms with E-state index in [9.17, 15) is 13.2 Å². The molecule has 0 spiro atoms. The Balaban J connectivity index is 1.86. The molecule has 0 radical (unpaired) electrons. The van der Waals surface area contributed by atoms with Crippen molar-refractivity contribution in [3.8, 4) is 0 Å². The molecule has 0 aliphatic heterocycles. The second kappa shape index (κ2) is 6.73. The van der Waals surface area contributed by atoms with Gasteiger partial charge in [-0.25, -0.2) is 4.98 Å². The predicted molar refractivity (Wildman–Crippen MR) is 75.2 cm³/mol. The number of hydrogen-bond donors (Lipinski definition) is 2. The van der Waals surface area contributed by atoms with E-state index in [-0.39, 0.29) is 6.54 Å². The predicted octanol–water partition coefficient (Wildman–Crippen LogP) is 1.16. The maximum atomic E-state index is 12.5. The Morgan fingerprint density at radius 3 is 2.64 bits per heavy atom. The number of aromatic nitrogens is 4. The van der Waals surface area contributed by atoms with Crippen LogP contribution in [0, 0.1) is 0 Å². The Morgan fingerprint density at radius 1 is 1.36 bits per heavy atom. The molecule has 2 aromatic heterocycles. The lowest BCUT2D eigenvalue weighted by atomic mass is 10.5. The fraction of sp³-hybridized carbons (Fsp3) is 0.455. The van der Waals surface area contributed by atoms with Crippen LogP contribution in [-0.4, -0.2) is 32.8 Å². The minimum atomic E-state index is -4.42. The highest BCUT2D eigenvalue weighted by Crippen LogP contribution is 2.29. The van der Waals surface area contributed by atoms with Crippen molar-refractivity contribution in [1.82, 2.24) is 30.4 Å². The maximum Gasteiger partial charge on any atom is 0.434 e. The first-order valence-corrected chi connectivity index (χ1v) is 7.07. The van der Waals surface area contributed by atoms with Gasteiger partial charge in [0.05, 0.1) is 13.1 Å². The number of alkyl halides is 3. The average Bonchev–Trinajstić information content (AvgIpc) is 3.08. The van der Waals surface area contributed by atoms with Crippen molar-refractivity contribution in [2.75, 3.05) is 7.05 Å². The van der Waals surface area contributed by atoms with Gasteiger partial charge in [-0.1, -0.05) is 0 Å². The molecule has 0 aliphatic rings. The molecule has 0 bridgehead atoms. The summed E-state index contributed by atoms with van der Waals surface area (Å²) in [6.45, 7) is 0.543. The molecule has 2 rings (SSSR count). The lowest BCUT2D eigenvalue weighted by Gasteiger charge is -2.10. The smallest absolute Gasteiger partial charge is 0.350 e. The SMILES string of the molecule is CN=C(NCc1nc(C(F)(F)F)cs1)NCc1nncn1C. The maximum absolute atomic E-state index is 12.5. The van der Waals surface area contributed by atoms with Crippen LogP contribution in [0.2, 0.25) is 0 Å². The first kappa shape index (κ1) is 16.2. The molecule has 120 valence electrons. The fourth-order valence-corrected chi connectivity index (χ4v) is 2.27. The van der Waals surface area contributed by atoms with Gasteiger partial charge in [0, 0.05) is 19.5 Å². The van der Waals surface area contributed by atoms with Crippen molar-refractivity contribution in [3.05, 3.63) is 28.2 Å². The van der Waals surface area contributed by atoms with Gasteiger partial charge in [-0.05, 0) is 0 Å². The summed E-state index contributed by atoms with van der Waals surface area (Å²) >= 11 is 0.944. The molecule has 11 heteroatoms. The molecule has 0 saturated heterocycles. The van der Waals surface area contributed by atoms with Gasteiger partial charge in [-0.3, -0.25) is 4.99 Å². The van der Waals surface area contributed by atoms with E-state index in [1.807, 2.05) is 0 Å². The summed E-state index contributed by atoms with van der Waals surface area (Å²) in [4.78, 5) is 7.51. The van der Waals surface area contributed by atoms with Crippen LogP contribution in [0.5, 0.6) is 0 Å². The van der Waals surface area contributed by atoms with Crippen molar-refractivity contribution in [3.63, 3.8) is 0 Å². The second-order valence-corrected chi connectivity index (χ2v) is 5.20. The largest absolute Gasteiger partial charge is 0.434 e. The van der Waals surface area contributed by atoms with Crippen LogP contribution < -0.4 is 10.6 Å². The summed E-state index contributed by atoms with van der Waals surface area (Å²) in [7, 11) is 3.37. The quantitative estimate of drug-likeness (QED) is 0.648. The molecule has 0 aliphatic carbocycles. The minimum absolute atomic E-state index is 0.152. The Bertz CT molecular complexity index is 646. The highest BCUT2D eigenvalue weighted by molar-refractivity contribution is 7.09. The van der Waals surface area contributed by atoms with Crippen LogP contribution in [0.1, 0.15) is 16.5 Å². The molecule has 2 heterocycles. The van der Waals surface area contributed by atoms with E-state index < -0.39 is 11.9 Å². The minimum Gasteiger partial charge on any atom is -0.350 e. The molecule has 0 atom stereocenters. The summed E-state index contributed by atoms with van der Waals surface area (Å²) in [5.41, 5.74) is -0.878. The zero-order valence-electron chi connectivity index (χ0n) is 11.8. The summed E-state index contributed by atoms with van der Waals surface area (Å²) in [5.74, 6) is 1.14. The highest BCUT2D eigenvalue weighted by Gasteiger charge is 2.33. The van der Waals surface area contributed by atoms with Crippen molar-refractivity contribution in [1.29, 1.82) is 0 Å². The van der Waals surface area contributed by atoms with Crippen molar-refractivity contribution in [2.24, 2.45) is 12.0 Å². The van der Waals surface area contributed by atoms with E-state index in [1.54, 1.807) is 25.0 Å². The molecular formula is C11H14F3N7S. The lowest BCUT2D eigenvalue weighted by molar-refractivity contribution is -0.140. The number of thiazole rings is 1. The van der Waals surface area contributed by atoms with Crippen LogP contribution in [0.3, 0.4) is 0 Å². The van der Waals surface area contributed by atoms with Gasteiger partial charge < -0.3 is 15.2 Å². The first-order valence-electron chi connectivity index (χ1n) is 6.19. The third kappa shape index (κ3) is 4.16. The van der Waals surface area contributed by atoms with Crippen LogP contribution in [0.4, 0.5) is 13.2 Å². The van der Waals surface area contributed by atoms with Crippen LogP contribution in [0.15, 0.2) is 16.7 Å². The van der Waals surface area contributed by atoms with Gasteiger partial charge in [0.1, 0.15) is 11.3 Å². The van der Waals surface area contributed by atoms with Gasteiger partial charge in [0.2, 0.25) is 0 Å². The Hall–Kier alpha value is -2.17. The van der Waals surface area contributed by atoms with E-state index in [0.29, 0.717) is 23.3 Å². The van der Waals surface area contributed by atoms with Gasteiger partial charge in [-0.15, -0.1) is 21.5 Å². The van der Waals surface area contributed by atoms with E-state index in [4.69, 9.17) is 0 Å². The van der Waals surface area contributed by atoms with Crippen molar-refractivity contribution < 1.29 is 13.2 Å². The van der Waals surface area contributed by atoms with Crippen molar-refractivity contribution in [2.45, 2.75) is 19.3 Å². The van der Waals surface area contributed by atoms with Crippen LogP contribution in [0.25, 0.3) is 0 Å². The molecule has 0 unspecified atom stereocenters. The summed E-state index contributed by atoms with van der Waals surface area (Å²) in [6, 6.07) is 0. The third-order valence-corrected chi connectivity index (χ3v) is 3.54. The number of halogens is 3. The zero-order chi connectivity index (χ0) is 16.2. The summed E-state index contributed by atoms with van der Waals surface area (Å²) in [5, 5.41) is 14.9. The molecular weight excluding hydrogens is 319 g/mol. The monoisotopic (exact) mass is 333 g/mol. The topological polar surface area (TPSA) is 80.0 Å². The van der Waals surface area contributed by atoms with E-state index in [0.717, 1.165) is 16.7 Å². The van der Waals surface area contributed by atoms with Gasteiger partial charge in [-0.2, -0.15) is 13.2 Å². The number of aryl methyl sites for hydroxylation is 1. The first-order chi connectivity index (χ1) is 10.4. The molecule has 0 amide bonds. The molecule has 2 aromatic rings. The van der Waals surface area contributed by atoms with E-state index >= 15 is 0 Å². The molecule has 2 N–H and O–H groups in total. The van der Waals surface area contributed by atoms with E-state index in [2.05, 4.69) is 30.8 Å². The van der Waals surface area contributed by atoms with Gasteiger partial charge in [0.25, 0.3) is 0 Å². The highest BCUT2D eigenvalue weighted by atomic mass is 32.1. The Morgan fingerprint density at radius 2 is 2.09 bits per heavy atom. The molecule has 0 aromatic carbocycles. The number of nitrogens with one attached hydrogen (secondary N) is 2. The number of rotatable bonds is 4. The van der Waals surface area contributed by atoms with Gasteiger partial charge in [0.15, 0.2) is 17.5 Å². The van der Waals surface area contributed by atoms with Crippen molar-refractivity contribution >= 4 is 17.3 Å². The summed E-state index contributed by atoms with van der Waals surface area (Å²) in [6.07, 6.45) is -2.85. The molecule has 7 nitrogen and oxygen atoms in total. The number of guanidine groups is 1. The standard InChI is InChI=1S/C11H14F3N7S/c1-15-10(16-3-8-20-18-6-21(8)2)17-4-9-19-7(5-22-9)11(12,13)14/h5-6H,3-4H2,1-2H3,(H2,15,16,17). The van der Waals surface area contributed by atoms with E-state index in [1.165, 1.54) is 0 Å². The molecule has 22 heavy (non-hydrogen) atoms. The average molecular weight is 333 g/mol. The normalized spacial score (nSPS) is 12.5. The summed E-state index contributed by atoms with van der Waals surface area (Å²) < 4.78 is 39.1. The van der Waals surface area contributed by atoms with Crippen LogP contribution >= 0.6 is 11.3 Å². The second-order valence-electron chi connectivity index (χ2n) is 4.26. The molecule has 0 fully saturated rings. The fourth-order valence-electron chi connectivity index (χ4n) is 1.53. The number of nitrogens with zero attached hydrogens (tertiary/aromatic N) is 5. The number of aliphatic imine (C=N–C) groups is 1. The number of hydrogen-bond acceptors (Lipinski definition) is 5. The lowest BCUT2D eigenvalue weighted by Crippen LogP contribution is -2.36.